The molecular weight excluding hydrogens is 252 g/mol. The lowest BCUT2D eigenvalue weighted by molar-refractivity contribution is -0.138. The molecule has 0 bridgehead atoms. The summed E-state index contributed by atoms with van der Waals surface area (Å²) in [5, 5.41) is 10.1. The van der Waals surface area contributed by atoms with Gasteiger partial charge in [0, 0.05) is 4.88 Å². The van der Waals surface area contributed by atoms with Gasteiger partial charge in [0.1, 0.15) is 10.7 Å². The second-order valence-corrected chi connectivity index (χ2v) is 5.37. The number of nitrogens with zero attached hydrogens (tertiary/aromatic N) is 2. The molecule has 2 aromatic heterocycles. The zero-order valence-corrected chi connectivity index (χ0v) is 10.9. The van der Waals surface area contributed by atoms with E-state index in [2.05, 4.69) is 9.97 Å². The summed E-state index contributed by atoms with van der Waals surface area (Å²) in [6.45, 7) is 1.81. The van der Waals surface area contributed by atoms with Gasteiger partial charge in [-0.15, -0.1) is 11.3 Å². The highest BCUT2D eigenvalue weighted by Gasteiger charge is 2.33. The Kier molecular flexibility index (Phi) is 2.48. The summed E-state index contributed by atoms with van der Waals surface area (Å²) in [5.74, 6) is 0.0420. The summed E-state index contributed by atoms with van der Waals surface area (Å²) >= 11 is 1.45. The molecule has 1 aliphatic carbocycles. The van der Waals surface area contributed by atoms with Gasteiger partial charge in [-0.1, -0.05) is 0 Å². The highest BCUT2D eigenvalue weighted by atomic mass is 32.1. The van der Waals surface area contributed by atoms with Crippen molar-refractivity contribution in [3.8, 4) is 5.88 Å². The minimum Gasteiger partial charge on any atom is -0.481 e. The molecule has 2 aromatic rings. The van der Waals surface area contributed by atoms with Gasteiger partial charge in [-0.25, -0.2) is 4.98 Å². The van der Waals surface area contributed by atoms with Crippen LogP contribution in [0.15, 0.2) is 0 Å². The van der Waals surface area contributed by atoms with E-state index in [0.29, 0.717) is 18.1 Å². The van der Waals surface area contributed by atoms with Crippen LogP contribution >= 0.6 is 11.3 Å². The van der Waals surface area contributed by atoms with Crippen LogP contribution in [0.3, 0.4) is 0 Å². The topological polar surface area (TPSA) is 72.3 Å². The Morgan fingerprint density at radius 1 is 1.50 bits per heavy atom. The van der Waals surface area contributed by atoms with Crippen LogP contribution in [0.1, 0.15) is 28.6 Å². The van der Waals surface area contributed by atoms with Gasteiger partial charge >= 0.3 is 5.97 Å². The van der Waals surface area contributed by atoms with Crippen molar-refractivity contribution >= 4 is 27.5 Å². The summed E-state index contributed by atoms with van der Waals surface area (Å²) < 4.78 is 5.30. The molecule has 0 fully saturated rings. The molecule has 0 saturated carbocycles. The maximum absolute atomic E-state index is 11.2. The first-order chi connectivity index (χ1) is 8.61. The summed E-state index contributed by atoms with van der Waals surface area (Å²) in [6, 6.07) is 0. The van der Waals surface area contributed by atoms with Crippen molar-refractivity contribution in [1.82, 2.24) is 9.97 Å². The molecule has 3 rings (SSSR count). The Morgan fingerprint density at radius 2 is 2.28 bits per heavy atom. The molecule has 18 heavy (non-hydrogen) atoms. The van der Waals surface area contributed by atoms with E-state index in [1.54, 1.807) is 7.11 Å². The number of thiophene rings is 1. The molecule has 0 spiro atoms. The molecule has 6 heteroatoms. The van der Waals surface area contributed by atoms with E-state index in [-0.39, 0.29) is 0 Å². The number of fused-ring (bicyclic) bond motifs is 3. The number of carbonyl (C=O) groups is 1. The van der Waals surface area contributed by atoms with Gasteiger partial charge in [-0.2, -0.15) is 4.98 Å². The average Bonchev–Trinajstić information content (AvgIpc) is 2.85. The minimum atomic E-state index is -0.760. The van der Waals surface area contributed by atoms with E-state index < -0.39 is 11.9 Å². The van der Waals surface area contributed by atoms with Crippen LogP contribution in [-0.2, 0) is 11.2 Å². The van der Waals surface area contributed by atoms with E-state index in [4.69, 9.17) is 4.74 Å². The number of carboxylic acid groups (broad SMARTS) is 1. The summed E-state index contributed by atoms with van der Waals surface area (Å²) in [4.78, 5) is 21.6. The number of aryl methyl sites for hydroxylation is 2. The van der Waals surface area contributed by atoms with Gasteiger partial charge in [0.15, 0.2) is 0 Å². The number of hydrogen-bond donors (Lipinski definition) is 1. The quantitative estimate of drug-likeness (QED) is 0.899. The first kappa shape index (κ1) is 11.4. The number of aliphatic carboxylic acids is 1. The third-order valence-electron chi connectivity index (χ3n) is 3.25. The largest absolute Gasteiger partial charge is 0.481 e. The molecule has 0 amide bonds. The summed E-state index contributed by atoms with van der Waals surface area (Å²) in [7, 11) is 1.58. The monoisotopic (exact) mass is 264 g/mol. The van der Waals surface area contributed by atoms with Crippen molar-refractivity contribution < 1.29 is 14.6 Å². The Labute approximate surface area is 107 Å². The lowest BCUT2D eigenvalue weighted by atomic mass is 10.1. The van der Waals surface area contributed by atoms with Gasteiger partial charge in [0.25, 0.3) is 0 Å². The molecule has 0 saturated heterocycles. The SMILES string of the molecule is COc1nc(C)nc2sc3c(c12)CCC3C(=O)O. The van der Waals surface area contributed by atoms with Crippen LogP contribution in [0.2, 0.25) is 0 Å². The fourth-order valence-electron chi connectivity index (χ4n) is 2.48. The van der Waals surface area contributed by atoms with Crippen molar-refractivity contribution in [2.75, 3.05) is 7.11 Å². The first-order valence-corrected chi connectivity index (χ1v) is 6.50. The highest BCUT2D eigenvalue weighted by molar-refractivity contribution is 7.19. The molecule has 0 radical (unpaired) electrons. The van der Waals surface area contributed by atoms with E-state index in [1.165, 1.54) is 11.3 Å². The minimum absolute atomic E-state index is 0.399. The second-order valence-electron chi connectivity index (χ2n) is 4.33. The summed E-state index contributed by atoms with van der Waals surface area (Å²) in [5.41, 5.74) is 1.05. The Balaban J connectivity index is 2.29. The van der Waals surface area contributed by atoms with Crippen LogP contribution in [0.4, 0.5) is 0 Å². The highest BCUT2D eigenvalue weighted by Crippen LogP contribution is 2.45. The molecule has 1 aliphatic rings. The first-order valence-electron chi connectivity index (χ1n) is 5.68. The molecule has 1 atom stereocenters. The van der Waals surface area contributed by atoms with Crippen LogP contribution in [0.5, 0.6) is 5.88 Å². The van der Waals surface area contributed by atoms with E-state index in [1.807, 2.05) is 6.92 Å². The standard InChI is InChI=1S/C12H12N2O3S/c1-5-13-10(17-2)8-6-3-4-7(12(15)16)9(6)18-11(8)14-5/h7H,3-4H2,1-2H3,(H,15,16). The molecular formula is C12H12N2O3S. The molecule has 0 aliphatic heterocycles. The van der Waals surface area contributed by atoms with Crippen molar-refractivity contribution in [2.24, 2.45) is 0 Å². The zero-order valence-electron chi connectivity index (χ0n) is 10.1. The Bertz CT molecular complexity index is 650. The van der Waals surface area contributed by atoms with Gasteiger partial charge < -0.3 is 9.84 Å². The van der Waals surface area contributed by atoms with E-state index in [0.717, 1.165) is 27.1 Å². The normalized spacial score (nSPS) is 18.0. The molecule has 5 nitrogen and oxygen atoms in total. The predicted octanol–water partition coefficient (Wildman–Crippen LogP) is 2.12. The Hall–Kier alpha value is -1.69. The van der Waals surface area contributed by atoms with Crippen LogP contribution in [0.25, 0.3) is 10.2 Å². The fourth-order valence-corrected chi connectivity index (χ4v) is 3.86. The zero-order chi connectivity index (χ0) is 12.9. The van der Waals surface area contributed by atoms with Gasteiger partial charge in [-0.05, 0) is 25.3 Å². The van der Waals surface area contributed by atoms with Crippen molar-refractivity contribution in [2.45, 2.75) is 25.7 Å². The van der Waals surface area contributed by atoms with Gasteiger partial charge in [0.2, 0.25) is 5.88 Å². The predicted molar refractivity (Wildman–Crippen MR) is 67.4 cm³/mol. The molecule has 1 unspecified atom stereocenters. The fraction of sp³-hybridized carbons (Fsp3) is 0.417. The lowest BCUT2D eigenvalue weighted by Gasteiger charge is -2.03. The molecule has 0 aromatic carbocycles. The number of aromatic nitrogens is 2. The lowest BCUT2D eigenvalue weighted by Crippen LogP contribution is -2.06. The maximum atomic E-state index is 11.2. The maximum Gasteiger partial charge on any atom is 0.311 e. The summed E-state index contributed by atoms with van der Waals surface area (Å²) in [6.07, 6.45) is 1.42. The number of methoxy groups -OCH3 is 1. The van der Waals surface area contributed by atoms with E-state index in [9.17, 15) is 9.90 Å². The number of hydrogen-bond acceptors (Lipinski definition) is 5. The number of carboxylic acids is 1. The molecule has 2 heterocycles. The van der Waals surface area contributed by atoms with Crippen LogP contribution < -0.4 is 4.74 Å². The second kappa shape index (κ2) is 3.91. The van der Waals surface area contributed by atoms with Crippen molar-refractivity contribution in [1.29, 1.82) is 0 Å². The molecule has 94 valence electrons. The van der Waals surface area contributed by atoms with Crippen LogP contribution in [0, 0.1) is 6.92 Å². The van der Waals surface area contributed by atoms with Gasteiger partial charge in [-0.3, -0.25) is 4.79 Å². The van der Waals surface area contributed by atoms with Crippen LogP contribution in [-0.4, -0.2) is 28.2 Å². The van der Waals surface area contributed by atoms with Crippen molar-refractivity contribution in [3.05, 3.63) is 16.3 Å². The third-order valence-corrected chi connectivity index (χ3v) is 4.49. The smallest absolute Gasteiger partial charge is 0.311 e. The van der Waals surface area contributed by atoms with E-state index >= 15 is 0 Å². The number of ether oxygens (including phenoxy) is 1. The Morgan fingerprint density at radius 3 is 2.94 bits per heavy atom. The number of rotatable bonds is 2. The molecule has 1 N–H and O–H groups in total. The van der Waals surface area contributed by atoms with Gasteiger partial charge in [0.05, 0.1) is 18.4 Å². The van der Waals surface area contributed by atoms with Crippen molar-refractivity contribution in [3.63, 3.8) is 0 Å². The average molecular weight is 264 g/mol. The third kappa shape index (κ3) is 1.49.